The second-order valence-electron chi connectivity index (χ2n) is 6.32. The molecule has 0 saturated heterocycles. The average Bonchev–Trinajstić information content (AvgIpc) is 2.50. The Morgan fingerprint density at radius 1 is 1.04 bits per heavy atom. The molecule has 0 atom stereocenters. The molecule has 0 radical (unpaired) electrons. The van der Waals surface area contributed by atoms with Gasteiger partial charge in [-0.3, -0.25) is 4.79 Å². The van der Waals surface area contributed by atoms with E-state index in [0.717, 1.165) is 23.6 Å². The maximum Gasteiger partial charge on any atom is 0.168 e. The van der Waals surface area contributed by atoms with E-state index in [1.54, 1.807) is 0 Å². The van der Waals surface area contributed by atoms with Crippen molar-refractivity contribution in [2.45, 2.75) is 32.2 Å². The van der Waals surface area contributed by atoms with Gasteiger partial charge >= 0.3 is 0 Å². The monoisotopic (exact) mass is 351 g/mol. The number of carbonyl (C=O) groups is 1. The Bertz CT molecular complexity index is 609. The molecule has 0 aliphatic rings. The van der Waals surface area contributed by atoms with E-state index in [9.17, 15) is 4.79 Å². The maximum atomic E-state index is 12.1. The molecule has 2 nitrogen and oxygen atoms in total. The van der Waals surface area contributed by atoms with E-state index in [1.165, 1.54) is 5.56 Å². The fourth-order valence-corrected chi connectivity index (χ4v) is 2.69. The van der Waals surface area contributed by atoms with Crippen LogP contribution in [0.5, 0.6) is 0 Å². The minimum absolute atomic E-state index is 0. The quantitative estimate of drug-likeness (QED) is 0.724. The summed E-state index contributed by atoms with van der Waals surface area (Å²) in [5.41, 5.74) is 2.12. The molecule has 0 aliphatic heterocycles. The third-order valence-electron chi connectivity index (χ3n) is 3.74. The highest BCUT2D eigenvalue weighted by Crippen LogP contribution is 2.13. The summed E-state index contributed by atoms with van der Waals surface area (Å²) in [6.45, 7) is 5.21. The Balaban J connectivity index is 0.00000264. The van der Waals surface area contributed by atoms with Crippen molar-refractivity contribution in [1.29, 1.82) is 0 Å². The molecule has 2 aromatic rings. The van der Waals surface area contributed by atoms with E-state index in [4.69, 9.17) is 11.6 Å². The van der Waals surface area contributed by atoms with Gasteiger partial charge in [0.2, 0.25) is 0 Å². The van der Waals surface area contributed by atoms with Gasteiger partial charge in [-0.25, -0.2) is 0 Å². The van der Waals surface area contributed by atoms with Gasteiger partial charge in [0.1, 0.15) is 0 Å². The van der Waals surface area contributed by atoms with Crippen LogP contribution in [0.25, 0.3) is 0 Å². The highest BCUT2D eigenvalue weighted by Gasteiger charge is 2.22. The van der Waals surface area contributed by atoms with E-state index in [-0.39, 0.29) is 23.7 Å². The van der Waals surface area contributed by atoms with Crippen molar-refractivity contribution >= 4 is 17.4 Å². The maximum absolute atomic E-state index is 12.1. The van der Waals surface area contributed by atoms with Gasteiger partial charge in [0.05, 0.1) is 18.5 Å². The second kappa shape index (κ2) is 9.07. The zero-order valence-corrected chi connectivity index (χ0v) is 15.1. The molecule has 0 saturated carbocycles. The molecular formula is C19H23Cl2NO. The van der Waals surface area contributed by atoms with Gasteiger partial charge in [0.15, 0.2) is 5.78 Å². The van der Waals surface area contributed by atoms with E-state index in [0.29, 0.717) is 6.42 Å². The molecule has 0 heterocycles. The number of hydrogen-bond donors (Lipinski definition) is 1. The molecular weight excluding hydrogens is 329 g/mol. The van der Waals surface area contributed by atoms with Crippen LogP contribution in [-0.2, 0) is 6.42 Å². The molecule has 0 aliphatic carbocycles. The van der Waals surface area contributed by atoms with E-state index in [2.05, 4.69) is 31.3 Å². The van der Waals surface area contributed by atoms with Crippen LogP contribution >= 0.6 is 11.6 Å². The molecule has 0 spiro atoms. The van der Waals surface area contributed by atoms with Gasteiger partial charge in [-0.05, 0) is 31.5 Å². The fraction of sp³-hybridized carbons (Fsp3) is 0.316. The number of quaternary nitrogens is 1. The van der Waals surface area contributed by atoms with Crippen LogP contribution in [0.3, 0.4) is 0 Å². The SMILES string of the molecule is CC(C)(Cc1ccc(Cl)cc1)[NH2+]CCC(=O)c1ccccc1.[Cl-]. The first-order valence-corrected chi connectivity index (χ1v) is 8.01. The summed E-state index contributed by atoms with van der Waals surface area (Å²) in [7, 11) is 0. The lowest BCUT2D eigenvalue weighted by molar-refractivity contribution is -0.719. The van der Waals surface area contributed by atoms with Gasteiger partial charge in [0, 0.05) is 17.0 Å². The van der Waals surface area contributed by atoms with Crippen molar-refractivity contribution in [2.24, 2.45) is 0 Å². The van der Waals surface area contributed by atoms with E-state index >= 15 is 0 Å². The summed E-state index contributed by atoms with van der Waals surface area (Å²) in [6.07, 6.45) is 1.51. The van der Waals surface area contributed by atoms with Crippen LogP contribution in [0.4, 0.5) is 0 Å². The molecule has 124 valence electrons. The molecule has 0 amide bonds. The average molecular weight is 352 g/mol. The fourth-order valence-electron chi connectivity index (χ4n) is 2.56. The number of carbonyl (C=O) groups excluding carboxylic acids is 1. The lowest BCUT2D eigenvalue weighted by Crippen LogP contribution is -3.00. The van der Waals surface area contributed by atoms with Crippen LogP contribution in [0.2, 0.25) is 5.02 Å². The van der Waals surface area contributed by atoms with Crippen molar-refractivity contribution in [3.63, 3.8) is 0 Å². The predicted molar refractivity (Wildman–Crippen MR) is 91.4 cm³/mol. The normalized spacial score (nSPS) is 10.9. The summed E-state index contributed by atoms with van der Waals surface area (Å²) in [6, 6.07) is 17.5. The number of Topliss-reactive ketones (excluding diaryl/α,β-unsaturated/α-hetero) is 1. The topological polar surface area (TPSA) is 33.7 Å². The van der Waals surface area contributed by atoms with Crippen molar-refractivity contribution in [2.75, 3.05) is 6.54 Å². The smallest absolute Gasteiger partial charge is 0.168 e. The number of ketones is 1. The van der Waals surface area contributed by atoms with Crippen LogP contribution in [0, 0.1) is 0 Å². The third kappa shape index (κ3) is 6.74. The van der Waals surface area contributed by atoms with Crippen LogP contribution in [0.1, 0.15) is 36.2 Å². The largest absolute Gasteiger partial charge is 1.00 e. The molecule has 0 bridgehead atoms. The Hall–Kier alpha value is -1.35. The number of nitrogens with two attached hydrogens (primary N) is 1. The summed E-state index contributed by atoms with van der Waals surface area (Å²) in [5.74, 6) is 0.208. The van der Waals surface area contributed by atoms with Gasteiger partial charge in [-0.15, -0.1) is 0 Å². The molecule has 0 unspecified atom stereocenters. The van der Waals surface area contributed by atoms with Crippen LogP contribution in [-0.4, -0.2) is 17.9 Å². The first kappa shape index (κ1) is 19.7. The van der Waals surface area contributed by atoms with E-state index < -0.39 is 0 Å². The molecule has 0 fully saturated rings. The zero-order valence-electron chi connectivity index (χ0n) is 13.6. The van der Waals surface area contributed by atoms with Crippen molar-refractivity contribution in [3.05, 3.63) is 70.7 Å². The third-order valence-corrected chi connectivity index (χ3v) is 3.99. The molecule has 4 heteroatoms. The first-order chi connectivity index (χ1) is 10.5. The molecule has 2 N–H and O–H groups in total. The van der Waals surface area contributed by atoms with E-state index in [1.807, 2.05) is 42.5 Å². The molecule has 2 aromatic carbocycles. The minimum atomic E-state index is 0. The Kier molecular flexibility index (Phi) is 7.77. The van der Waals surface area contributed by atoms with Crippen molar-refractivity contribution < 1.29 is 22.5 Å². The summed E-state index contributed by atoms with van der Waals surface area (Å²) >= 11 is 5.91. The van der Waals surface area contributed by atoms with Gasteiger partial charge in [-0.1, -0.05) is 54.1 Å². The minimum Gasteiger partial charge on any atom is -1.00 e. The molecule has 0 aromatic heterocycles. The molecule has 23 heavy (non-hydrogen) atoms. The Morgan fingerprint density at radius 3 is 2.26 bits per heavy atom. The summed E-state index contributed by atoms with van der Waals surface area (Å²) in [4.78, 5) is 12.1. The standard InChI is InChI=1S/C19H22ClNO.ClH/c1-19(2,14-15-8-10-17(20)11-9-15)21-13-12-18(22)16-6-4-3-5-7-16;/h3-11,21H,12-14H2,1-2H3;1H. The van der Waals surface area contributed by atoms with Crippen LogP contribution in [0.15, 0.2) is 54.6 Å². The van der Waals surface area contributed by atoms with Crippen molar-refractivity contribution in [3.8, 4) is 0 Å². The summed E-state index contributed by atoms with van der Waals surface area (Å²) < 4.78 is 0. The number of hydrogen-bond acceptors (Lipinski definition) is 1. The van der Waals surface area contributed by atoms with Gasteiger partial charge < -0.3 is 17.7 Å². The lowest BCUT2D eigenvalue weighted by atomic mass is 9.94. The number of rotatable bonds is 7. The number of benzene rings is 2. The first-order valence-electron chi connectivity index (χ1n) is 7.63. The number of halogens is 2. The lowest BCUT2D eigenvalue weighted by Gasteiger charge is -2.23. The Morgan fingerprint density at radius 2 is 1.65 bits per heavy atom. The van der Waals surface area contributed by atoms with Gasteiger partial charge in [0.25, 0.3) is 0 Å². The van der Waals surface area contributed by atoms with Crippen molar-refractivity contribution in [1.82, 2.24) is 0 Å². The zero-order chi connectivity index (χ0) is 16.0. The Labute approximate surface area is 149 Å². The molecule has 2 rings (SSSR count). The predicted octanol–water partition coefficient (Wildman–Crippen LogP) is 0.502. The second-order valence-corrected chi connectivity index (χ2v) is 6.76. The van der Waals surface area contributed by atoms with Gasteiger partial charge in [-0.2, -0.15) is 0 Å². The highest BCUT2D eigenvalue weighted by molar-refractivity contribution is 6.30. The summed E-state index contributed by atoms with van der Waals surface area (Å²) in [5, 5.41) is 3.02. The highest BCUT2D eigenvalue weighted by atomic mass is 35.5. The van der Waals surface area contributed by atoms with Crippen LogP contribution < -0.4 is 17.7 Å².